The fourth-order valence-corrected chi connectivity index (χ4v) is 2.73. The standard InChI is InChI=1S/C18H13F3N6O2S/c19-18(20,21)16-14(23-10-24-17(22)30)15(11-6-8-13(9-7-11)27(28)29)26(25-16)12-4-2-1-3-5-12/h1-10H,(H3,22,23,24,30). The molecule has 30 heavy (non-hydrogen) atoms. The van der Waals surface area contributed by atoms with Gasteiger partial charge in [0.05, 0.1) is 28.3 Å². The minimum atomic E-state index is -4.80. The Balaban J connectivity index is 2.27. The molecule has 12 heteroatoms. The lowest BCUT2D eigenvalue weighted by Crippen LogP contribution is -2.11. The van der Waals surface area contributed by atoms with Crippen molar-refractivity contribution in [3.63, 3.8) is 0 Å². The zero-order valence-corrected chi connectivity index (χ0v) is 15.8. The molecule has 0 amide bonds. The number of rotatable bonds is 5. The van der Waals surface area contributed by atoms with Crippen molar-refractivity contribution < 1.29 is 18.1 Å². The molecule has 0 aliphatic heterocycles. The second kappa shape index (κ2) is 8.29. The summed E-state index contributed by atoms with van der Waals surface area (Å²) in [6, 6.07) is 13.2. The molecule has 0 aliphatic rings. The van der Waals surface area contributed by atoms with Crippen molar-refractivity contribution in [1.82, 2.24) is 9.78 Å². The summed E-state index contributed by atoms with van der Waals surface area (Å²) >= 11 is 4.60. The van der Waals surface area contributed by atoms with Crippen LogP contribution in [0.2, 0.25) is 0 Å². The van der Waals surface area contributed by atoms with Gasteiger partial charge < -0.3 is 11.1 Å². The van der Waals surface area contributed by atoms with Gasteiger partial charge in [-0.1, -0.05) is 18.2 Å². The van der Waals surface area contributed by atoms with Crippen molar-refractivity contribution in [3.8, 4) is 16.9 Å². The number of hydrogen-bond acceptors (Lipinski definition) is 4. The highest BCUT2D eigenvalue weighted by atomic mass is 32.1. The van der Waals surface area contributed by atoms with Crippen LogP contribution in [0.5, 0.6) is 0 Å². The summed E-state index contributed by atoms with van der Waals surface area (Å²) in [6.07, 6.45) is -3.87. The fourth-order valence-electron chi connectivity index (χ4n) is 2.68. The Bertz CT molecular complexity index is 1110. The third kappa shape index (κ3) is 4.43. The van der Waals surface area contributed by atoms with Gasteiger partial charge in [0.15, 0.2) is 10.8 Å². The molecule has 8 nitrogen and oxygen atoms in total. The summed E-state index contributed by atoms with van der Waals surface area (Å²) in [5.74, 6) is 0. The van der Waals surface area contributed by atoms with E-state index in [0.29, 0.717) is 5.69 Å². The largest absolute Gasteiger partial charge is 0.437 e. The second-order valence-electron chi connectivity index (χ2n) is 5.86. The van der Waals surface area contributed by atoms with E-state index in [9.17, 15) is 23.3 Å². The Labute approximate surface area is 173 Å². The summed E-state index contributed by atoms with van der Waals surface area (Å²) in [7, 11) is 0. The number of non-ortho nitro benzene ring substituents is 1. The molecule has 3 rings (SSSR count). The number of aliphatic imine (C=N–C) groups is 1. The van der Waals surface area contributed by atoms with Crippen LogP contribution >= 0.6 is 12.2 Å². The molecule has 0 saturated heterocycles. The maximum Gasteiger partial charge on any atom is 0.437 e. The third-order valence-corrected chi connectivity index (χ3v) is 4.01. The molecule has 1 heterocycles. The molecule has 0 radical (unpaired) electrons. The summed E-state index contributed by atoms with van der Waals surface area (Å²) in [4.78, 5) is 13.9. The number of anilines is 1. The first-order valence-corrected chi connectivity index (χ1v) is 8.68. The number of para-hydroxylation sites is 1. The van der Waals surface area contributed by atoms with E-state index in [1.807, 2.05) is 0 Å². The van der Waals surface area contributed by atoms with Gasteiger partial charge >= 0.3 is 6.18 Å². The highest BCUT2D eigenvalue weighted by Crippen LogP contribution is 2.41. The highest BCUT2D eigenvalue weighted by molar-refractivity contribution is 7.80. The van der Waals surface area contributed by atoms with Gasteiger partial charge in [-0.15, -0.1) is 0 Å². The Morgan fingerprint density at radius 3 is 2.37 bits per heavy atom. The van der Waals surface area contributed by atoms with Gasteiger partial charge in [-0.2, -0.15) is 18.3 Å². The van der Waals surface area contributed by atoms with Crippen molar-refractivity contribution >= 4 is 35.0 Å². The normalized spacial score (nSPS) is 11.6. The first-order valence-electron chi connectivity index (χ1n) is 8.27. The first kappa shape index (κ1) is 20.9. The molecule has 0 saturated carbocycles. The molecule has 0 atom stereocenters. The maximum absolute atomic E-state index is 13.7. The second-order valence-corrected chi connectivity index (χ2v) is 6.28. The van der Waals surface area contributed by atoms with Gasteiger partial charge in [-0.25, -0.2) is 9.67 Å². The van der Waals surface area contributed by atoms with Crippen molar-refractivity contribution in [2.75, 3.05) is 5.32 Å². The van der Waals surface area contributed by atoms with Crippen molar-refractivity contribution in [1.29, 1.82) is 0 Å². The van der Waals surface area contributed by atoms with Crippen LogP contribution in [0.25, 0.3) is 16.9 Å². The van der Waals surface area contributed by atoms with Gasteiger partial charge in [0, 0.05) is 17.7 Å². The van der Waals surface area contributed by atoms with E-state index in [0.717, 1.165) is 11.0 Å². The number of benzene rings is 2. The lowest BCUT2D eigenvalue weighted by Gasteiger charge is -2.10. The lowest BCUT2D eigenvalue weighted by atomic mass is 10.1. The smallest absolute Gasteiger partial charge is 0.374 e. The molecule has 154 valence electrons. The van der Waals surface area contributed by atoms with Gasteiger partial charge in [-0.05, 0) is 36.5 Å². The third-order valence-electron chi connectivity index (χ3n) is 3.91. The van der Waals surface area contributed by atoms with Crippen LogP contribution in [0.1, 0.15) is 5.69 Å². The Morgan fingerprint density at radius 1 is 1.20 bits per heavy atom. The Kier molecular flexibility index (Phi) is 5.78. The van der Waals surface area contributed by atoms with E-state index in [4.69, 9.17) is 5.73 Å². The summed E-state index contributed by atoms with van der Waals surface area (Å²) < 4.78 is 42.3. The number of nitrogens with two attached hydrogens (primary N) is 1. The van der Waals surface area contributed by atoms with Crippen LogP contribution in [0.15, 0.2) is 59.6 Å². The average molecular weight is 434 g/mol. The fraction of sp³-hybridized carbons (Fsp3) is 0.0556. The summed E-state index contributed by atoms with van der Waals surface area (Å²) in [5.41, 5.74) is 4.10. The van der Waals surface area contributed by atoms with Crippen molar-refractivity contribution in [2.45, 2.75) is 6.18 Å². The SMILES string of the molecule is NC(=S)/N=C/Nc1c(C(F)(F)F)nn(-c2ccccc2)c1-c1ccc([N+](=O)[O-])cc1. The number of alkyl halides is 3. The molecule has 0 bridgehead atoms. The van der Waals surface area contributed by atoms with Crippen LogP contribution in [0.3, 0.4) is 0 Å². The molecule has 2 aromatic carbocycles. The van der Waals surface area contributed by atoms with E-state index in [2.05, 4.69) is 27.6 Å². The zero-order chi connectivity index (χ0) is 21.9. The number of nitrogens with zero attached hydrogens (tertiary/aromatic N) is 4. The molecule has 1 aromatic heterocycles. The zero-order valence-electron chi connectivity index (χ0n) is 15.0. The molecule has 0 spiro atoms. The number of thiocarbonyl (C=S) groups is 1. The predicted molar refractivity (Wildman–Crippen MR) is 110 cm³/mol. The topological polar surface area (TPSA) is 111 Å². The van der Waals surface area contributed by atoms with E-state index in [-0.39, 0.29) is 22.1 Å². The van der Waals surface area contributed by atoms with Crippen LogP contribution in [0.4, 0.5) is 24.5 Å². The van der Waals surface area contributed by atoms with Gasteiger partial charge in [0.2, 0.25) is 0 Å². The number of hydrogen-bond donors (Lipinski definition) is 2. The van der Waals surface area contributed by atoms with Gasteiger partial charge in [0.25, 0.3) is 5.69 Å². The summed E-state index contributed by atoms with van der Waals surface area (Å²) in [6.45, 7) is 0. The van der Waals surface area contributed by atoms with Crippen LogP contribution < -0.4 is 11.1 Å². The number of aromatic nitrogens is 2. The van der Waals surface area contributed by atoms with E-state index in [1.54, 1.807) is 30.3 Å². The molecule has 0 unspecified atom stereocenters. The quantitative estimate of drug-likeness (QED) is 0.205. The minimum Gasteiger partial charge on any atom is -0.374 e. The Morgan fingerprint density at radius 2 is 1.83 bits per heavy atom. The van der Waals surface area contributed by atoms with Gasteiger partial charge in [0.1, 0.15) is 0 Å². The Hall–Kier alpha value is -3.80. The van der Waals surface area contributed by atoms with Crippen LogP contribution in [0, 0.1) is 10.1 Å². The molecular formula is C18H13F3N6O2S. The molecule has 3 N–H and O–H groups in total. The van der Waals surface area contributed by atoms with Gasteiger partial charge in [-0.3, -0.25) is 10.1 Å². The highest BCUT2D eigenvalue weighted by Gasteiger charge is 2.40. The first-order chi connectivity index (χ1) is 14.2. The lowest BCUT2D eigenvalue weighted by molar-refractivity contribution is -0.384. The van der Waals surface area contributed by atoms with E-state index in [1.165, 1.54) is 24.3 Å². The number of halogens is 3. The van der Waals surface area contributed by atoms with Crippen LogP contribution in [-0.2, 0) is 6.18 Å². The molecule has 0 aliphatic carbocycles. The maximum atomic E-state index is 13.7. The monoisotopic (exact) mass is 434 g/mol. The number of nitro benzene ring substituents is 1. The predicted octanol–water partition coefficient (Wildman–Crippen LogP) is 4.15. The molecular weight excluding hydrogens is 421 g/mol. The van der Waals surface area contributed by atoms with E-state index >= 15 is 0 Å². The average Bonchev–Trinajstić information content (AvgIpc) is 3.08. The van der Waals surface area contributed by atoms with E-state index < -0.39 is 22.5 Å². The summed E-state index contributed by atoms with van der Waals surface area (Å²) in [5, 5.41) is 16.9. The van der Waals surface area contributed by atoms with Crippen LogP contribution in [-0.4, -0.2) is 26.2 Å². The van der Waals surface area contributed by atoms with Crippen molar-refractivity contribution in [2.24, 2.45) is 10.7 Å². The number of nitrogens with one attached hydrogen (secondary N) is 1. The molecule has 0 fully saturated rings. The minimum absolute atomic E-state index is 0.0258. The van der Waals surface area contributed by atoms with Crippen molar-refractivity contribution in [3.05, 3.63) is 70.4 Å². The number of nitro groups is 1. The molecule has 3 aromatic rings.